The Morgan fingerprint density at radius 2 is 2.00 bits per heavy atom. The highest BCUT2D eigenvalue weighted by atomic mass is 16.4. The van der Waals surface area contributed by atoms with E-state index in [0.29, 0.717) is 17.2 Å². The van der Waals surface area contributed by atoms with Gasteiger partial charge >= 0.3 is 5.97 Å². The number of rotatable bonds is 2. The molecule has 1 aliphatic heterocycles. The molecule has 0 aliphatic carbocycles. The molecule has 1 fully saturated rings. The molecule has 1 aromatic rings. The van der Waals surface area contributed by atoms with Gasteiger partial charge in [-0.2, -0.15) is 0 Å². The Kier molecular flexibility index (Phi) is 3.88. The number of carboxylic acids is 1. The molecule has 0 bridgehead atoms. The topological polar surface area (TPSA) is 79.5 Å². The van der Waals surface area contributed by atoms with E-state index in [-0.39, 0.29) is 11.3 Å². The second-order valence-corrected chi connectivity index (χ2v) is 6.53. The van der Waals surface area contributed by atoms with Crippen molar-refractivity contribution in [1.29, 1.82) is 0 Å². The maximum atomic E-state index is 11.1. The Labute approximate surface area is 119 Å². The van der Waals surface area contributed by atoms with Gasteiger partial charge < -0.3 is 15.7 Å². The molecule has 20 heavy (non-hydrogen) atoms. The Hall–Kier alpha value is -1.78. The first kappa shape index (κ1) is 14.6. The number of aromatic carboxylic acids is 1. The number of carboxylic acid groups (broad SMARTS) is 1. The summed E-state index contributed by atoms with van der Waals surface area (Å²) >= 11 is 0. The Bertz CT molecular complexity index is 500. The Morgan fingerprint density at radius 1 is 1.40 bits per heavy atom. The highest BCUT2D eigenvalue weighted by molar-refractivity contribution is 5.96. The van der Waals surface area contributed by atoms with Crippen LogP contribution in [0.1, 0.15) is 44.0 Å². The van der Waals surface area contributed by atoms with E-state index < -0.39 is 5.97 Å². The van der Waals surface area contributed by atoms with Gasteiger partial charge in [-0.1, -0.05) is 20.8 Å². The summed E-state index contributed by atoms with van der Waals surface area (Å²) in [4.78, 5) is 17.5. The largest absolute Gasteiger partial charge is 0.478 e. The predicted molar refractivity (Wildman–Crippen MR) is 80.0 cm³/mol. The van der Waals surface area contributed by atoms with E-state index in [1.54, 1.807) is 0 Å². The summed E-state index contributed by atoms with van der Waals surface area (Å²) in [6.07, 6.45) is 3.69. The molecular weight excluding hydrogens is 254 g/mol. The van der Waals surface area contributed by atoms with Crippen LogP contribution in [0.5, 0.6) is 0 Å². The molecule has 0 spiro atoms. The molecule has 0 unspecified atom stereocenters. The lowest BCUT2D eigenvalue weighted by Crippen LogP contribution is -2.38. The van der Waals surface area contributed by atoms with Crippen LogP contribution in [0.4, 0.5) is 11.5 Å². The molecule has 2 rings (SSSR count). The van der Waals surface area contributed by atoms with Gasteiger partial charge in [0.25, 0.3) is 0 Å². The summed E-state index contributed by atoms with van der Waals surface area (Å²) < 4.78 is 0. The second-order valence-electron chi connectivity index (χ2n) is 6.53. The number of piperidine rings is 1. The fraction of sp³-hybridized carbons (Fsp3) is 0.600. The summed E-state index contributed by atoms with van der Waals surface area (Å²) in [6, 6.07) is 1.45. The number of aromatic nitrogens is 1. The third-order valence-corrected chi connectivity index (χ3v) is 4.22. The fourth-order valence-corrected chi connectivity index (χ4v) is 2.86. The lowest BCUT2D eigenvalue weighted by atomic mass is 9.75. The monoisotopic (exact) mass is 277 g/mol. The van der Waals surface area contributed by atoms with Gasteiger partial charge in [0, 0.05) is 19.3 Å². The van der Waals surface area contributed by atoms with Crippen LogP contribution in [-0.4, -0.2) is 29.1 Å². The highest BCUT2D eigenvalue weighted by Gasteiger charge is 2.30. The molecule has 0 radical (unpaired) electrons. The van der Waals surface area contributed by atoms with Crippen molar-refractivity contribution in [1.82, 2.24) is 4.98 Å². The number of carbonyl (C=O) groups is 1. The number of hydrogen-bond acceptors (Lipinski definition) is 4. The summed E-state index contributed by atoms with van der Waals surface area (Å²) in [5.41, 5.74) is 6.67. The molecule has 3 N–H and O–H groups in total. The fourth-order valence-electron chi connectivity index (χ4n) is 2.86. The summed E-state index contributed by atoms with van der Waals surface area (Å²) in [5, 5.41) is 9.11. The van der Waals surface area contributed by atoms with Gasteiger partial charge in [0.2, 0.25) is 0 Å². The van der Waals surface area contributed by atoms with Crippen LogP contribution in [0.3, 0.4) is 0 Å². The molecule has 0 aromatic carbocycles. The van der Waals surface area contributed by atoms with Gasteiger partial charge in [-0.25, -0.2) is 9.78 Å². The zero-order chi connectivity index (χ0) is 14.9. The number of pyridine rings is 1. The molecule has 1 aliphatic rings. The van der Waals surface area contributed by atoms with Crippen LogP contribution in [0.15, 0.2) is 12.3 Å². The quantitative estimate of drug-likeness (QED) is 0.868. The molecule has 0 saturated carbocycles. The standard InChI is InChI=1S/C15H23N3O2/c1-15(2,3)10-5-8-18(9-6-10)13-12(16)11(14(19)20)4-7-17-13/h4,7,10H,5-6,8-9,16H2,1-3H3,(H,19,20). The number of nitrogens with two attached hydrogens (primary N) is 1. The first-order chi connectivity index (χ1) is 9.30. The molecule has 110 valence electrons. The SMILES string of the molecule is CC(C)(C)C1CCN(c2nccc(C(=O)O)c2N)CC1. The minimum atomic E-state index is -1.00. The van der Waals surface area contributed by atoms with E-state index in [9.17, 15) is 4.79 Å². The number of hydrogen-bond donors (Lipinski definition) is 2. The maximum Gasteiger partial charge on any atom is 0.337 e. The molecule has 1 saturated heterocycles. The highest BCUT2D eigenvalue weighted by Crippen LogP contribution is 2.36. The minimum absolute atomic E-state index is 0.132. The van der Waals surface area contributed by atoms with Gasteiger partial charge in [-0.05, 0) is 30.2 Å². The molecule has 1 aromatic heterocycles. The minimum Gasteiger partial charge on any atom is -0.478 e. The second kappa shape index (κ2) is 5.31. The van der Waals surface area contributed by atoms with Crippen LogP contribution in [0.25, 0.3) is 0 Å². The molecule has 2 heterocycles. The van der Waals surface area contributed by atoms with Gasteiger partial charge in [0.15, 0.2) is 5.82 Å². The van der Waals surface area contributed by atoms with Crippen molar-refractivity contribution in [2.75, 3.05) is 23.7 Å². The normalized spacial score (nSPS) is 17.2. The summed E-state index contributed by atoms with van der Waals surface area (Å²) in [5.74, 6) is 0.288. The first-order valence-electron chi connectivity index (χ1n) is 7.03. The first-order valence-corrected chi connectivity index (χ1v) is 7.03. The number of anilines is 2. The van der Waals surface area contributed by atoms with Crippen LogP contribution in [0.2, 0.25) is 0 Å². The van der Waals surface area contributed by atoms with E-state index in [2.05, 4.69) is 30.7 Å². The molecule has 0 atom stereocenters. The van der Waals surface area contributed by atoms with Crippen LogP contribution in [-0.2, 0) is 0 Å². The smallest absolute Gasteiger partial charge is 0.337 e. The zero-order valence-corrected chi connectivity index (χ0v) is 12.4. The van der Waals surface area contributed by atoms with E-state index in [1.807, 2.05) is 0 Å². The third-order valence-electron chi connectivity index (χ3n) is 4.22. The third kappa shape index (κ3) is 2.86. The number of nitrogen functional groups attached to an aromatic ring is 1. The average molecular weight is 277 g/mol. The molecular formula is C15H23N3O2. The van der Waals surface area contributed by atoms with E-state index >= 15 is 0 Å². The van der Waals surface area contributed by atoms with Crippen molar-refractivity contribution in [3.63, 3.8) is 0 Å². The van der Waals surface area contributed by atoms with Crippen LogP contribution < -0.4 is 10.6 Å². The maximum absolute atomic E-state index is 11.1. The molecule has 5 heteroatoms. The zero-order valence-electron chi connectivity index (χ0n) is 12.4. The van der Waals surface area contributed by atoms with Gasteiger partial charge in [0.05, 0.1) is 11.3 Å². The van der Waals surface area contributed by atoms with Gasteiger partial charge in [-0.15, -0.1) is 0 Å². The van der Waals surface area contributed by atoms with Crippen molar-refractivity contribution >= 4 is 17.5 Å². The Balaban J connectivity index is 2.15. The summed E-state index contributed by atoms with van der Waals surface area (Å²) in [6.45, 7) is 8.56. The molecule has 0 amide bonds. The van der Waals surface area contributed by atoms with Gasteiger partial charge in [0.1, 0.15) is 0 Å². The lowest BCUT2D eigenvalue weighted by Gasteiger charge is -2.39. The predicted octanol–water partition coefficient (Wildman–Crippen LogP) is 2.62. The molecule has 5 nitrogen and oxygen atoms in total. The van der Waals surface area contributed by atoms with Crippen LogP contribution in [0, 0.1) is 11.3 Å². The van der Waals surface area contributed by atoms with Crippen molar-refractivity contribution in [2.24, 2.45) is 11.3 Å². The van der Waals surface area contributed by atoms with Crippen molar-refractivity contribution < 1.29 is 9.90 Å². The van der Waals surface area contributed by atoms with E-state index in [4.69, 9.17) is 10.8 Å². The average Bonchev–Trinajstić information content (AvgIpc) is 2.38. The summed E-state index contributed by atoms with van der Waals surface area (Å²) in [7, 11) is 0. The van der Waals surface area contributed by atoms with E-state index in [1.165, 1.54) is 12.3 Å². The number of nitrogens with zero attached hydrogens (tertiary/aromatic N) is 2. The van der Waals surface area contributed by atoms with Gasteiger partial charge in [-0.3, -0.25) is 0 Å². The van der Waals surface area contributed by atoms with E-state index in [0.717, 1.165) is 25.9 Å². The Morgan fingerprint density at radius 3 is 2.50 bits per heavy atom. The van der Waals surface area contributed by atoms with Crippen molar-refractivity contribution in [2.45, 2.75) is 33.6 Å². The van der Waals surface area contributed by atoms with Crippen molar-refractivity contribution in [3.05, 3.63) is 17.8 Å². The van der Waals surface area contributed by atoms with Crippen LogP contribution >= 0.6 is 0 Å². The van der Waals surface area contributed by atoms with Crippen molar-refractivity contribution in [3.8, 4) is 0 Å². The lowest BCUT2D eigenvalue weighted by molar-refractivity contribution is 0.0698.